The van der Waals surface area contributed by atoms with Gasteiger partial charge in [0.1, 0.15) is 12.2 Å². The van der Waals surface area contributed by atoms with Crippen molar-refractivity contribution in [1.82, 2.24) is 4.98 Å². The maximum Gasteiger partial charge on any atom is 0.297 e. The fourth-order valence-electron chi connectivity index (χ4n) is 4.61. The average Bonchev–Trinajstić information content (AvgIpc) is 3.55. The molecule has 0 saturated carbocycles. The lowest BCUT2D eigenvalue weighted by Crippen LogP contribution is -2.29. The van der Waals surface area contributed by atoms with Gasteiger partial charge in [0.05, 0.1) is 24.1 Å². The van der Waals surface area contributed by atoms with Crippen LogP contribution in [0.1, 0.15) is 38.9 Å². The first-order valence-electron chi connectivity index (χ1n) is 11.8. The molecule has 7 nitrogen and oxygen atoms in total. The first-order valence-corrected chi connectivity index (χ1v) is 13.1. The van der Waals surface area contributed by atoms with Gasteiger partial charge in [-0.3, -0.25) is 14.5 Å². The number of anilines is 1. The number of thiazole rings is 1. The van der Waals surface area contributed by atoms with E-state index in [0.29, 0.717) is 44.8 Å². The van der Waals surface area contributed by atoms with Crippen LogP contribution in [-0.4, -0.2) is 18.0 Å². The van der Waals surface area contributed by atoms with E-state index in [9.17, 15) is 9.59 Å². The number of amides is 1. The van der Waals surface area contributed by atoms with Crippen LogP contribution in [0.25, 0.3) is 11.0 Å². The van der Waals surface area contributed by atoms with Crippen molar-refractivity contribution in [2.24, 2.45) is 0 Å². The molecule has 3 heterocycles. The molecule has 0 radical (unpaired) electrons. The molecular formula is C29H21ClN2O5S. The van der Waals surface area contributed by atoms with Crippen LogP contribution in [0.5, 0.6) is 11.5 Å². The minimum atomic E-state index is -0.775. The molecule has 0 saturated heterocycles. The van der Waals surface area contributed by atoms with Crippen molar-refractivity contribution in [3.63, 3.8) is 0 Å². The SMILES string of the molecule is COc1cc([C@@H]2c3c(oc4ccc(Cl)cc4c3=O)C(=O)N2c2nccs2)ccc1OCc1ccc(C)cc1. The number of methoxy groups -OCH3 is 1. The van der Waals surface area contributed by atoms with Gasteiger partial charge in [-0.25, -0.2) is 4.98 Å². The number of carbonyl (C=O) groups excluding carboxylic acids is 1. The first-order chi connectivity index (χ1) is 18.4. The normalized spacial score (nSPS) is 14.7. The molecule has 0 bridgehead atoms. The summed E-state index contributed by atoms with van der Waals surface area (Å²) >= 11 is 7.47. The highest BCUT2D eigenvalue weighted by Gasteiger charge is 2.45. The molecule has 0 aliphatic carbocycles. The van der Waals surface area contributed by atoms with Crippen molar-refractivity contribution in [1.29, 1.82) is 0 Å². The van der Waals surface area contributed by atoms with Gasteiger partial charge >= 0.3 is 0 Å². The van der Waals surface area contributed by atoms with E-state index in [1.165, 1.54) is 21.8 Å². The van der Waals surface area contributed by atoms with Crippen molar-refractivity contribution in [3.8, 4) is 11.5 Å². The molecule has 1 amide bonds. The average molecular weight is 545 g/mol. The van der Waals surface area contributed by atoms with Gasteiger partial charge in [-0.2, -0.15) is 0 Å². The summed E-state index contributed by atoms with van der Waals surface area (Å²) in [4.78, 5) is 33.2. The quantitative estimate of drug-likeness (QED) is 0.241. The number of halogens is 1. The van der Waals surface area contributed by atoms with Gasteiger partial charge in [0.15, 0.2) is 22.1 Å². The molecule has 2 aromatic heterocycles. The molecule has 1 atom stereocenters. The number of fused-ring (bicyclic) bond motifs is 2. The van der Waals surface area contributed by atoms with E-state index >= 15 is 0 Å². The Morgan fingerprint density at radius 1 is 1.05 bits per heavy atom. The molecule has 38 heavy (non-hydrogen) atoms. The van der Waals surface area contributed by atoms with Crippen LogP contribution in [0.15, 0.2) is 81.5 Å². The number of nitrogens with zero attached hydrogens (tertiary/aromatic N) is 2. The number of benzene rings is 3. The zero-order chi connectivity index (χ0) is 26.4. The fraction of sp³-hybridized carbons (Fsp3) is 0.138. The van der Waals surface area contributed by atoms with Crippen LogP contribution in [0.2, 0.25) is 5.02 Å². The third-order valence-electron chi connectivity index (χ3n) is 6.48. The third-order valence-corrected chi connectivity index (χ3v) is 7.48. The highest BCUT2D eigenvalue weighted by molar-refractivity contribution is 7.13. The summed E-state index contributed by atoms with van der Waals surface area (Å²) in [6.07, 6.45) is 1.61. The smallest absolute Gasteiger partial charge is 0.297 e. The van der Waals surface area contributed by atoms with Crippen LogP contribution in [0.3, 0.4) is 0 Å². The van der Waals surface area contributed by atoms with Crippen molar-refractivity contribution in [3.05, 3.63) is 116 Å². The Kier molecular flexibility index (Phi) is 6.13. The largest absolute Gasteiger partial charge is 0.493 e. The monoisotopic (exact) mass is 544 g/mol. The summed E-state index contributed by atoms with van der Waals surface area (Å²) in [6.45, 7) is 2.40. The van der Waals surface area contributed by atoms with Gasteiger partial charge in [-0.1, -0.05) is 47.5 Å². The predicted molar refractivity (Wildman–Crippen MR) is 147 cm³/mol. The summed E-state index contributed by atoms with van der Waals surface area (Å²) in [5, 5.41) is 2.93. The second kappa shape index (κ2) is 9.63. The summed E-state index contributed by atoms with van der Waals surface area (Å²) < 4.78 is 17.7. The Morgan fingerprint density at radius 2 is 1.87 bits per heavy atom. The molecule has 0 spiro atoms. The molecule has 3 aromatic carbocycles. The predicted octanol–water partition coefficient (Wildman–Crippen LogP) is 6.55. The van der Waals surface area contributed by atoms with E-state index in [-0.39, 0.29) is 16.8 Å². The standard InChI is InChI=1S/C29H21ClN2O5S/c1-16-3-5-17(6-4-16)15-36-22-9-7-18(13-23(22)35-2)25-24-26(33)20-14-19(30)8-10-21(20)37-27(24)28(34)32(25)29-31-11-12-38-29/h3-14,25H,15H2,1-2H3/t25-/m1/s1. The Labute approximate surface area is 226 Å². The zero-order valence-electron chi connectivity index (χ0n) is 20.4. The van der Waals surface area contributed by atoms with E-state index in [1.54, 1.807) is 49.0 Å². The Morgan fingerprint density at radius 3 is 2.61 bits per heavy atom. The van der Waals surface area contributed by atoms with Gasteiger partial charge in [-0.05, 0) is 48.4 Å². The van der Waals surface area contributed by atoms with Gasteiger partial charge in [0.25, 0.3) is 5.91 Å². The number of hydrogen-bond donors (Lipinski definition) is 0. The molecular weight excluding hydrogens is 524 g/mol. The third kappa shape index (κ3) is 4.12. The molecule has 190 valence electrons. The van der Waals surface area contributed by atoms with Crippen molar-refractivity contribution in [2.75, 3.05) is 12.0 Å². The second-order valence-electron chi connectivity index (χ2n) is 8.89. The lowest BCUT2D eigenvalue weighted by Gasteiger charge is -2.23. The number of aromatic nitrogens is 1. The van der Waals surface area contributed by atoms with E-state index in [0.717, 1.165) is 5.56 Å². The molecule has 1 aliphatic rings. The highest BCUT2D eigenvalue weighted by Crippen LogP contribution is 2.44. The van der Waals surface area contributed by atoms with Crippen LogP contribution in [0, 0.1) is 6.92 Å². The maximum atomic E-state index is 13.8. The van der Waals surface area contributed by atoms with Crippen LogP contribution < -0.4 is 19.8 Å². The van der Waals surface area contributed by atoms with Crippen LogP contribution >= 0.6 is 22.9 Å². The topological polar surface area (TPSA) is 81.9 Å². The number of aryl methyl sites for hydroxylation is 1. The fourth-order valence-corrected chi connectivity index (χ4v) is 5.45. The number of ether oxygens (including phenoxy) is 2. The Hall–Kier alpha value is -4.14. The number of rotatable bonds is 6. The summed E-state index contributed by atoms with van der Waals surface area (Å²) in [6, 6.07) is 17.5. The number of carbonyl (C=O) groups is 1. The van der Waals surface area contributed by atoms with Crippen LogP contribution in [0.4, 0.5) is 5.13 Å². The molecule has 5 aromatic rings. The highest BCUT2D eigenvalue weighted by atomic mass is 35.5. The summed E-state index contributed by atoms with van der Waals surface area (Å²) in [5.74, 6) is 0.568. The number of hydrogen-bond acceptors (Lipinski definition) is 7. The summed E-state index contributed by atoms with van der Waals surface area (Å²) in [5.41, 5.74) is 3.06. The van der Waals surface area contributed by atoms with Gasteiger partial charge in [0, 0.05) is 16.6 Å². The van der Waals surface area contributed by atoms with E-state index in [1.807, 2.05) is 37.3 Å². The lowest BCUT2D eigenvalue weighted by atomic mass is 9.98. The van der Waals surface area contributed by atoms with Gasteiger partial charge in [0.2, 0.25) is 5.76 Å². The van der Waals surface area contributed by atoms with E-state index in [4.69, 9.17) is 25.5 Å². The molecule has 6 rings (SSSR count). The molecule has 0 fully saturated rings. The molecule has 1 aliphatic heterocycles. The minimum Gasteiger partial charge on any atom is -0.493 e. The van der Waals surface area contributed by atoms with Crippen molar-refractivity contribution in [2.45, 2.75) is 19.6 Å². The van der Waals surface area contributed by atoms with Gasteiger partial charge in [-0.15, -0.1) is 11.3 Å². The zero-order valence-corrected chi connectivity index (χ0v) is 22.0. The van der Waals surface area contributed by atoms with E-state index < -0.39 is 11.9 Å². The van der Waals surface area contributed by atoms with E-state index in [2.05, 4.69) is 4.98 Å². The Bertz CT molecular complexity index is 1730. The molecule has 9 heteroatoms. The van der Waals surface area contributed by atoms with Crippen LogP contribution in [-0.2, 0) is 6.61 Å². The van der Waals surface area contributed by atoms with Gasteiger partial charge < -0.3 is 13.9 Å². The maximum absolute atomic E-state index is 13.8. The lowest BCUT2D eigenvalue weighted by molar-refractivity contribution is 0.0971. The summed E-state index contributed by atoms with van der Waals surface area (Å²) in [7, 11) is 1.55. The van der Waals surface area contributed by atoms with Crippen molar-refractivity contribution >= 4 is 44.9 Å². The minimum absolute atomic E-state index is 0.0105. The molecule has 0 N–H and O–H groups in total. The Balaban J connectivity index is 1.46. The molecule has 0 unspecified atom stereocenters. The van der Waals surface area contributed by atoms with Crippen molar-refractivity contribution < 1.29 is 18.7 Å². The second-order valence-corrected chi connectivity index (χ2v) is 10.2. The first kappa shape index (κ1) is 24.2.